The van der Waals surface area contributed by atoms with E-state index in [-0.39, 0.29) is 0 Å². The highest BCUT2D eigenvalue weighted by molar-refractivity contribution is 7.22. The van der Waals surface area contributed by atoms with Gasteiger partial charge in [0.25, 0.3) is 0 Å². The van der Waals surface area contributed by atoms with Gasteiger partial charge in [-0.25, -0.2) is 4.98 Å². The number of hydrogen-bond acceptors (Lipinski definition) is 3. The Morgan fingerprint density at radius 3 is 2.69 bits per heavy atom. The first-order valence-corrected chi connectivity index (χ1v) is 6.58. The Bertz CT molecular complexity index is 429. The molecule has 1 atom stereocenters. The summed E-state index contributed by atoms with van der Waals surface area (Å²) in [7, 11) is 0. The molecular weight excluding hydrogens is 216 g/mol. The van der Waals surface area contributed by atoms with Crippen LogP contribution in [0.4, 0.5) is 5.13 Å². The molecule has 0 bridgehead atoms. The monoisotopic (exact) mass is 234 g/mol. The van der Waals surface area contributed by atoms with E-state index in [0.29, 0.717) is 11.8 Å². The van der Waals surface area contributed by atoms with Crippen LogP contribution in [0.1, 0.15) is 20.8 Å². The maximum absolute atomic E-state index is 4.55. The highest BCUT2D eigenvalue weighted by atomic mass is 32.1. The molecule has 0 radical (unpaired) electrons. The topological polar surface area (TPSA) is 24.9 Å². The average Bonchev–Trinajstić information content (AvgIpc) is 2.68. The van der Waals surface area contributed by atoms with Gasteiger partial charge in [-0.05, 0) is 24.0 Å². The third kappa shape index (κ3) is 2.53. The van der Waals surface area contributed by atoms with Crippen LogP contribution in [0, 0.1) is 11.8 Å². The van der Waals surface area contributed by atoms with E-state index in [1.165, 1.54) is 4.70 Å². The van der Waals surface area contributed by atoms with Crippen molar-refractivity contribution in [2.45, 2.75) is 20.8 Å². The first-order chi connectivity index (χ1) is 7.66. The second kappa shape index (κ2) is 4.83. The van der Waals surface area contributed by atoms with Crippen LogP contribution in [0.15, 0.2) is 24.3 Å². The second-order valence-corrected chi connectivity index (χ2v) is 5.62. The SMILES string of the molecule is CC(C)C(C)CNc1nc2ccccc2s1. The smallest absolute Gasteiger partial charge is 0.183 e. The summed E-state index contributed by atoms with van der Waals surface area (Å²) in [6.07, 6.45) is 0. The normalized spacial score (nSPS) is 13.2. The predicted molar refractivity (Wildman–Crippen MR) is 72.1 cm³/mol. The number of rotatable bonds is 4. The van der Waals surface area contributed by atoms with Crippen molar-refractivity contribution in [2.75, 3.05) is 11.9 Å². The van der Waals surface area contributed by atoms with E-state index in [1.807, 2.05) is 6.07 Å². The molecule has 16 heavy (non-hydrogen) atoms. The maximum Gasteiger partial charge on any atom is 0.183 e. The van der Waals surface area contributed by atoms with Gasteiger partial charge < -0.3 is 5.32 Å². The molecule has 2 rings (SSSR count). The summed E-state index contributed by atoms with van der Waals surface area (Å²) < 4.78 is 1.25. The van der Waals surface area contributed by atoms with Crippen LogP contribution in [-0.4, -0.2) is 11.5 Å². The lowest BCUT2D eigenvalue weighted by Crippen LogP contribution is -2.15. The van der Waals surface area contributed by atoms with Crippen LogP contribution in [-0.2, 0) is 0 Å². The first-order valence-electron chi connectivity index (χ1n) is 5.76. The molecule has 86 valence electrons. The Morgan fingerprint density at radius 1 is 1.25 bits per heavy atom. The lowest BCUT2D eigenvalue weighted by atomic mass is 9.98. The number of aromatic nitrogens is 1. The van der Waals surface area contributed by atoms with E-state index in [1.54, 1.807) is 11.3 Å². The molecule has 0 aliphatic carbocycles. The molecule has 1 unspecified atom stereocenters. The van der Waals surface area contributed by atoms with Crippen LogP contribution in [0.3, 0.4) is 0 Å². The molecule has 1 aromatic heterocycles. The molecule has 1 heterocycles. The summed E-state index contributed by atoms with van der Waals surface area (Å²) >= 11 is 1.73. The van der Waals surface area contributed by atoms with E-state index < -0.39 is 0 Å². The van der Waals surface area contributed by atoms with Crippen LogP contribution in [0.2, 0.25) is 0 Å². The molecule has 0 saturated heterocycles. The number of fused-ring (bicyclic) bond motifs is 1. The number of thiazole rings is 1. The summed E-state index contributed by atoms with van der Waals surface area (Å²) in [5, 5.41) is 4.46. The number of benzene rings is 1. The molecule has 0 aliphatic rings. The molecule has 2 aromatic rings. The van der Waals surface area contributed by atoms with Gasteiger partial charge in [0.05, 0.1) is 10.2 Å². The van der Waals surface area contributed by atoms with E-state index in [0.717, 1.165) is 17.2 Å². The molecule has 0 spiro atoms. The van der Waals surface area contributed by atoms with E-state index in [4.69, 9.17) is 0 Å². The van der Waals surface area contributed by atoms with E-state index >= 15 is 0 Å². The van der Waals surface area contributed by atoms with Gasteiger partial charge in [-0.2, -0.15) is 0 Å². The van der Waals surface area contributed by atoms with E-state index in [9.17, 15) is 0 Å². The number of nitrogens with one attached hydrogen (secondary N) is 1. The van der Waals surface area contributed by atoms with Gasteiger partial charge in [-0.1, -0.05) is 44.2 Å². The van der Waals surface area contributed by atoms with Crippen molar-refractivity contribution in [1.29, 1.82) is 0 Å². The zero-order valence-corrected chi connectivity index (χ0v) is 10.8. The maximum atomic E-state index is 4.55. The minimum atomic E-state index is 0.673. The average molecular weight is 234 g/mol. The molecule has 1 aromatic carbocycles. The summed E-state index contributed by atoms with van der Waals surface area (Å²) in [4.78, 5) is 4.55. The standard InChI is InChI=1S/C13H18N2S/c1-9(2)10(3)8-14-13-15-11-6-4-5-7-12(11)16-13/h4-7,9-10H,8H2,1-3H3,(H,14,15). The fourth-order valence-corrected chi connectivity index (χ4v) is 2.30. The van der Waals surface area contributed by atoms with Crippen molar-refractivity contribution in [3.8, 4) is 0 Å². The van der Waals surface area contributed by atoms with Crippen molar-refractivity contribution in [2.24, 2.45) is 11.8 Å². The van der Waals surface area contributed by atoms with Crippen molar-refractivity contribution in [3.05, 3.63) is 24.3 Å². The zero-order valence-electron chi connectivity index (χ0n) is 10.0. The second-order valence-electron chi connectivity index (χ2n) is 4.59. The summed E-state index contributed by atoms with van der Waals surface area (Å²) in [5.41, 5.74) is 1.09. The molecule has 0 amide bonds. The molecule has 0 fully saturated rings. The van der Waals surface area contributed by atoms with Crippen LogP contribution < -0.4 is 5.32 Å². The van der Waals surface area contributed by atoms with Crippen LogP contribution in [0.5, 0.6) is 0 Å². The van der Waals surface area contributed by atoms with Crippen molar-refractivity contribution in [1.82, 2.24) is 4.98 Å². The summed E-state index contributed by atoms with van der Waals surface area (Å²) in [6.45, 7) is 7.78. The lowest BCUT2D eigenvalue weighted by molar-refractivity contribution is 0.440. The number of para-hydroxylation sites is 1. The van der Waals surface area contributed by atoms with Gasteiger partial charge in [0.2, 0.25) is 0 Å². The molecule has 0 saturated carbocycles. The van der Waals surface area contributed by atoms with Gasteiger partial charge in [0.1, 0.15) is 0 Å². The van der Waals surface area contributed by atoms with Crippen molar-refractivity contribution < 1.29 is 0 Å². The van der Waals surface area contributed by atoms with Gasteiger partial charge in [-0.3, -0.25) is 0 Å². The Hall–Kier alpha value is -1.09. The minimum absolute atomic E-state index is 0.673. The largest absolute Gasteiger partial charge is 0.361 e. The number of nitrogens with zero attached hydrogens (tertiary/aromatic N) is 1. The number of hydrogen-bond donors (Lipinski definition) is 1. The van der Waals surface area contributed by atoms with Crippen molar-refractivity contribution in [3.63, 3.8) is 0 Å². The third-order valence-corrected chi connectivity index (χ3v) is 4.00. The highest BCUT2D eigenvalue weighted by Gasteiger charge is 2.08. The quantitative estimate of drug-likeness (QED) is 0.865. The zero-order chi connectivity index (χ0) is 11.5. The molecule has 2 nitrogen and oxygen atoms in total. The molecular formula is C13H18N2S. The predicted octanol–water partition coefficient (Wildman–Crippen LogP) is 4.00. The lowest BCUT2D eigenvalue weighted by Gasteiger charge is -2.15. The Balaban J connectivity index is 2.05. The van der Waals surface area contributed by atoms with Gasteiger partial charge in [0, 0.05) is 6.54 Å². The fraction of sp³-hybridized carbons (Fsp3) is 0.462. The van der Waals surface area contributed by atoms with E-state index in [2.05, 4.69) is 49.3 Å². The van der Waals surface area contributed by atoms with Gasteiger partial charge in [0.15, 0.2) is 5.13 Å². The summed E-state index contributed by atoms with van der Waals surface area (Å²) in [6, 6.07) is 8.26. The molecule has 1 N–H and O–H groups in total. The molecule has 3 heteroatoms. The Labute approximate surface area is 101 Å². The summed E-state index contributed by atoms with van der Waals surface area (Å²) in [5.74, 6) is 1.38. The Kier molecular flexibility index (Phi) is 3.44. The van der Waals surface area contributed by atoms with Gasteiger partial charge >= 0.3 is 0 Å². The van der Waals surface area contributed by atoms with Gasteiger partial charge in [-0.15, -0.1) is 0 Å². The van der Waals surface area contributed by atoms with Crippen LogP contribution >= 0.6 is 11.3 Å². The Morgan fingerprint density at radius 2 is 2.00 bits per heavy atom. The number of anilines is 1. The third-order valence-electron chi connectivity index (χ3n) is 3.01. The molecule has 0 aliphatic heterocycles. The van der Waals surface area contributed by atoms with Crippen molar-refractivity contribution >= 4 is 26.7 Å². The first kappa shape index (κ1) is 11.4. The van der Waals surface area contributed by atoms with Crippen LogP contribution in [0.25, 0.3) is 10.2 Å². The fourth-order valence-electron chi connectivity index (χ4n) is 1.43. The highest BCUT2D eigenvalue weighted by Crippen LogP contribution is 2.25. The minimum Gasteiger partial charge on any atom is -0.361 e.